The van der Waals surface area contributed by atoms with E-state index >= 15 is 0 Å². The van der Waals surface area contributed by atoms with E-state index in [4.69, 9.17) is 9.47 Å². The van der Waals surface area contributed by atoms with Crippen molar-refractivity contribution in [2.75, 3.05) is 40.4 Å². The number of hydrogen-bond donors (Lipinski definition) is 0. The summed E-state index contributed by atoms with van der Waals surface area (Å²) in [6, 6.07) is 7.10. The first-order chi connectivity index (χ1) is 12.5. The third-order valence-corrected chi connectivity index (χ3v) is 5.51. The number of carbonyl (C=O) groups is 2. The normalized spacial score (nSPS) is 14.3. The van der Waals surface area contributed by atoms with Crippen LogP contribution in [0.4, 0.5) is 0 Å². The van der Waals surface area contributed by atoms with Gasteiger partial charge in [0.25, 0.3) is 11.8 Å². The Morgan fingerprint density at radius 1 is 0.923 bits per heavy atom. The highest BCUT2D eigenvalue weighted by atomic mass is 32.1. The molecule has 7 heteroatoms. The maximum atomic E-state index is 12.8. The maximum absolute atomic E-state index is 12.8. The number of methoxy groups -OCH3 is 2. The highest BCUT2D eigenvalue weighted by molar-refractivity contribution is 7.12. The monoisotopic (exact) mass is 374 g/mol. The zero-order valence-corrected chi connectivity index (χ0v) is 16.0. The van der Waals surface area contributed by atoms with E-state index in [1.165, 1.54) is 11.3 Å². The van der Waals surface area contributed by atoms with Crippen LogP contribution in [0.15, 0.2) is 29.6 Å². The van der Waals surface area contributed by atoms with Crippen LogP contribution in [0.1, 0.15) is 25.6 Å². The van der Waals surface area contributed by atoms with Crippen LogP contribution in [-0.2, 0) is 0 Å². The lowest BCUT2D eigenvalue weighted by Crippen LogP contribution is -2.50. The average Bonchev–Trinajstić information content (AvgIpc) is 3.12. The molecule has 2 amide bonds. The molecule has 0 aliphatic carbocycles. The summed E-state index contributed by atoms with van der Waals surface area (Å²) in [6.45, 7) is 4.02. The molecule has 0 atom stereocenters. The minimum atomic E-state index is -0.0818. The zero-order chi connectivity index (χ0) is 18.7. The van der Waals surface area contributed by atoms with Gasteiger partial charge in [-0.05, 0) is 36.1 Å². The van der Waals surface area contributed by atoms with Crippen molar-refractivity contribution < 1.29 is 19.1 Å². The van der Waals surface area contributed by atoms with Crippen LogP contribution in [-0.4, -0.2) is 62.0 Å². The number of rotatable bonds is 4. The van der Waals surface area contributed by atoms with Crippen LogP contribution in [0.25, 0.3) is 0 Å². The standard InChI is InChI=1S/C19H22N2O4S/c1-13-4-9-26-17(13)19(23)21-7-5-20(6-8-21)18(22)14-10-15(24-2)12-16(11-14)25-3/h4,9-12H,5-8H2,1-3H3. The number of ether oxygens (including phenoxy) is 2. The summed E-state index contributed by atoms with van der Waals surface area (Å²) in [5, 5.41) is 1.93. The molecule has 0 spiro atoms. The molecule has 0 saturated carbocycles. The Morgan fingerprint density at radius 2 is 1.46 bits per heavy atom. The number of piperazine rings is 1. The highest BCUT2D eigenvalue weighted by Gasteiger charge is 2.27. The predicted octanol–water partition coefficient (Wildman–Crippen LogP) is 2.67. The van der Waals surface area contributed by atoms with Gasteiger partial charge < -0.3 is 19.3 Å². The molecule has 138 valence electrons. The van der Waals surface area contributed by atoms with Gasteiger partial charge in [0, 0.05) is 37.8 Å². The summed E-state index contributed by atoms with van der Waals surface area (Å²) in [4.78, 5) is 29.8. The third kappa shape index (κ3) is 3.67. The Morgan fingerprint density at radius 3 is 1.92 bits per heavy atom. The van der Waals surface area contributed by atoms with Gasteiger partial charge in [0.05, 0.1) is 19.1 Å². The molecule has 2 heterocycles. The fraction of sp³-hybridized carbons (Fsp3) is 0.368. The van der Waals surface area contributed by atoms with Crippen molar-refractivity contribution >= 4 is 23.2 Å². The summed E-state index contributed by atoms with van der Waals surface area (Å²) in [5.74, 6) is 1.12. The highest BCUT2D eigenvalue weighted by Crippen LogP contribution is 2.24. The smallest absolute Gasteiger partial charge is 0.264 e. The van der Waals surface area contributed by atoms with E-state index in [9.17, 15) is 9.59 Å². The van der Waals surface area contributed by atoms with Crippen molar-refractivity contribution in [1.29, 1.82) is 0 Å². The largest absolute Gasteiger partial charge is 0.497 e. The number of aryl methyl sites for hydroxylation is 1. The molecule has 0 unspecified atom stereocenters. The van der Waals surface area contributed by atoms with Crippen LogP contribution in [0.2, 0.25) is 0 Å². The molecule has 1 aliphatic heterocycles. The van der Waals surface area contributed by atoms with E-state index in [1.54, 1.807) is 37.3 Å². The fourth-order valence-electron chi connectivity index (χ4n) is 2.96. The van der Waals surface area contributed by atoms with E-state index in [-0.39, 0.29) is 11.8 Å². The van der Waals surface area contributed by atoms with Gasteiger partial charge in [0.1, 0.15) is 11.5 Å². The van der Waals surface area contributed by atoms with Gasteiger partial charge in [-0.25, -0.2) is 0 Å². The topological polar surface area (TPSA) is 59.1 Å². The van der Waals surface area contributed by atoms with Crippen LogP contribution in [0.3, 0.4) is 0 Å². The van der Waals surface area contributed by atoms with E-state index in [0.717, 1.165) is 10.4 Å². The molecule has 1 saturated heterocycles. The van der Waals surface area contributed by atoms with Crippen molar-refractivity contribution in [3.05, 3.63) is 45.6 Å². The lowest BCUT2D eigenvalue weighted by molar-refractivity contribution is 0.0537. The summed E-state index contributed by atoms with van der Waals surface area (Å²) < 4.78 is 10.5. The molecule has 26 heavy (non-hydrogen) atoms. The predicted molar refractivity (Wildman–Crippen MR) is 100 cm³/mol. The van der Waals surface area contributed by atoms with Gasteiger partial charge in [-0.2, -0.15) is 0 Å². The summed E-state index contributed by atoms with van der Waals surface area (Å²) in [5.41, 5.74) is 1.53. The molecule has 0 N–H and O–H groups in total. The molecule has 1 aromatic carbocycles. The van der Waals surface area contributed by atoms with Gasteiger partial charge >= 0.3 is 0 Å². The molecule has 6 nitrogen and oxygen atoms in total. The van der Waals surface area contributed by atoms with E-state index in [1.807, 2.05) is 23.3 Å². The van der Waals surface area contributed by atoms with E-state index in [2.05, 4.69) is 0 Å². The van der Waals surface area contributed by atoms with Gasteiger partial charge in [0.15, 0.2) is 0 Å². The van der Waals surface area contributed by atoms with Crippen molar-refractivity contribution in [2.24, 2.45) is 0 Å². The van der Waals surface area contributed by atoms with Crippen molar-refractivity contribution in [3.8, 4) is 11.5 Å². The lowest BCUT2D eigenvalue weighted by atomic mass is 10.1. The first kappa shape index (κ1) is 18.3. The van der Waals surface area contributed by atoms with Gasteiger partial charge in [-0.1, -0.05) is 0 Å². The molecular formula is C19H22N2O4S. The molecule has 2 aromatic rings. The third-order valence-electron chi connectivity index (χ3n) is 4.51. The van der Waals surface area contributed by atoms with Gasteiger partial charge in [0.2, 0.25) is 0 Å². The second-order valence-electron chi connectivity index (χ2n) is 6.12. The van der Waals surface area contributed by atoms with E-state index in [0.29, 0.717) is 43.2 Å². The van der Waals surface area contributed by atoms with Crippen molar-refractivity contribution in [2.45, 2.75) is 6.92 Å². The van der Waals surface area contributed by atoms with Crippen LogP contribution < -0.4 is 9.47 Å². The average molecular weight is 374 g/mol. The molecular weight excluding hydrogens is 352 g/mol. The van der Waals surface area contributed by atoms with Crippen LogP contribution in [0.5, 0.6) is 11.5 Å². The van der Waals surface area contributed by atoms with Gasteiger partial charge in [-0.15, -0.1) is 11.3 Å². The molecule has 0 bridgehead atoms. The maximum Gasteiger partial charge on any atom is 0.264 e. The summed E-state index contributed by atoms with van der Waals surface area (Å²) in [7, 11) is 3.11. The number of nitrogens with zero attached hydrogens (tertiary/aromatic N) is 2. The lowest BCUT2D eigenvalue weighted by Gasteiger charge is -2.34. The molecule has 0 radical (unpaired) electrons. The second-order valence-corrected chi connectivity index (χ2v) is 7.03. The number of carbonyl (C=O) groups excluding carboxylic acids is 2. The Bertz CT molecular complexity index is 787. The molecule has 3 rings (SSSR count). The molecule has 1 aliphatic rings. The molecule has 1 fully saturated rings. The Balaban J connectivity index is 1.67. The zero-order valence-electron chi connectivity index (χ0n) is 15.2. The Kier molecular flexibility index (Phi) is 5.46. The van der Waals surface area contributed by atoms with Crippen molar-refractivity contribution in [3.63, 3.8) is 0 Å². The first-order valence-electron chi connectivity index (χ1n) is 8.39. The number of hydrogen-bond acceptors (Lipinski definition) is 5. The number of benzene rings is 1. The number of thiophene rings is 1. The van der Waals surface area contributed by atoms with Crippen LogP contribution >= 0.6 is 11.3 Å². The van der Waals surface area contributed by atoms with E-state index < -0.39 is 0 Å². The fourth-order valence-corrected chi connectivity index (χ4v) is 3.85. The Hall–Kier alpha value is -2.54. The SMILES string of the molecule is COc1cc(OC)cc(C(=O)N2CCN(C(=O)c3sccc3C)CC2)c1. The summed E-state index contributed by atoms with van der Waals surface area (Å²) >= 11 is 1.46. The van der Waals surface area contributed by atoms with Crippen LogP contribution in [0, 0.1) is 6.92 Å². The first-order valence-corrected chi connectivity index (χ1v) is 9.27. The minimum absolute atomic E-state index is 0.0487. The number of amides is 2. The molecule has 1 aromatic heterocycles. The van der Waals surface area contributed by atoms with Crippen molar-refractivity contribution in [1.82, 2.24) is 9.80 Å². The van der Waals surface area contributed by atoms with Gasteiger partial charge in [-0.3, -0.25) is 9.59 Å². The Labute approximate surface area is 156 Å². The summed E-state index contributed by atoms with van der Waals surface area (Å²) in [6.07, 6.45) is 0. The minimum Gasteiger partial charge on any atom is -0.497 e. The second kappa shape index (κ2) is 7.78. The quantitative estimate of drug-likeness (QED) is 0.826.